The van der Waals surface area contributed by atoms with Gasteiger partial charge in [-0.2, -0.15) is 13.2 Å². The summed E-state index contributed by atoms with van der Waals surface area (Å²) in [5.41, 5.74) is -1.15. The summed E-state index contributed by atoms with van der Waals surface area (Å²) >= 11 is 0. The highest BCUT2D eigenvalue weighted by Gasteiger charge is 2.65. The van der Waals surface area contributed by atoms with E-state index in [4.69, 9.17) is 0 Å². The summed E-state index contributed by atoms with van der Waals surface area (Å²) in [4.78, 5) is 14.7. The molecule has 5 nitrogen and oxygen atoms in total. The van der Waals surface area contributed by atoms with Gasteiger partial charge in [-0.15, -0.1) is 0 Å². The minimum atomic E-state index is -4.37. The highest BCUT2D eigenvalue weighted by atomic mass is 32.2. The van der Waals surface area contributed by atoms with Gasteiger partial charge < -0.3 is 0 Å². The van der Waals surface area contributed by atoms with Crippen molar-refractivity contribution in [1.29, 1.82) is 0 Å². The molecule has 1 N–H and O–H groups in total. The minimum absolute atomic E-state index is 0.0834. The monoisotopic (exact) mass is 472 g/mol. The number of fused-ring (bicyclic) bond motifs is 2. The third-order valence-corrected chi connectivity index (χ3v) is 9.74. The first-order chi connectivity index (χ1) is 14.8. The van der Waals surface area contributed by atoms with Crippen molar-refractivity contribution >= 4 is 15.8 Å². The molecule has 4 rings (SSSR count). The molecule has 1 aromatic carbocycles. The molecule has 1 aliphatic heterocycles. The molecule has 0 radical (unpaired) electrons. The van der Waals surface area contributed by atoms with E-state index < -0.39 is 27.2 Å². The number of Topliss-reactive ketones (excluding diaryl/α,β-unsaturated/α-hetero) is 1. The third kappa shape index (κ3) is 4.35. The van der Waals surface area contributed by atoms with Crippen molar-refractivity contribution < 1.29 is 26.4 Å². The second-order valence-corrected chi connectivity index (χ2v) is 12.0. The lowest BCUT2D eigenvalue weighted by Gasteiger charge is -2.37. The zero-order chi connectivity index (χ0) is 23.4. The first-order valence-corrected chi connectivity index (χ1v) is 12.9. The molecule has 1 saturated heterocycles. The van der Waals surface area contributed by atoms with E-state index in [0.717, 1.165) is 12.5 Å². The van der Waals surface area contributed by atoms with Crippen molar-refractivity contribution in [3.8, 4) is 0 Å². The van der Waals surface area contributed by atoms with Gasteiger partial charge in [-0.1, -0.05) is 32.0 Å². The molecule has 32 heavy (non-hydrogen) atoms. The molecule has 1 aromatic rings. The molecule has 2 aliphatic carbocycles. The van der Waals surface area contributed by atoms with Gasteiger partial charge in [0.2, 0.25) is 10.0 Å². The second-order valence-electron chi connectivity index (χ2n) is 10.3. The Labute approximate surface area is 187 Å². The fraction of sp³-hybridized carbons (Fsp3) is 0.696. The molecule has 0 spiro atoms. The molecule has 178 valence electrons. The number of nitrogens with one attached hydrogen (secondary N) is 1. The van der Waals surface area contributed by atoms with Crippen LogP contribution in [-0.4, -0.2) is 44.0 Å². The van der Waals surface area contributed by atoms with Crippen molar-refractivity contribution in [3.05, 3.63) is 35.4 Å². The lowest BCUT2D eigenvalue weighted by atomic mass is 9.70. The number of halogens is 3. The molecule has 1 heterocycles. The Morgan fingerprint density at radius 1 is 1.16 bits per heavy atom. The summed E-state index contributed by atoms with van der Waals surface area (Å²) in [5, 5.41) is 0. The number of rotatable bonds is 6. The van der Waals surface area contributed by atoms with E-state index in [2.05, 4.69) is 4.72 Å². The Morgan fingerprint density at radius 2 is 1.84 bits per heavy atom. The lowest BCUT2D eigenvalue weighted by molar-refractivity contribution is -0.137. The van der Waals surface area contributed by atoms with Gasteiger partial charge in [0.1, 0.15) is 5.78 Å². The molecule has 0 aromatic heterocycles. The van der Waals surface area contributed by atoms with E-state index in [-0.39, 0.29) is 28.9 Å². The Morgan fingerprint density at radius 3 is 2.41 bits per heavy atom. The summed E-state index contributed by atoms with van der Waals surface area (Å²) in [6.45, 7) is 5.65. The molecule has 2 atom stereocenters. The summed E-state index contributed by atoms with van der Waals surface area (Å²) in [6.07, 6.45) is -1.16. The number of likely N-dealkylation sites (tertiary alicyclic amines) is 1. The van der Waals surface area contributed by atoms with Crippen LogP contribution in [0.4, 0.5) is 13.2 Å². The zero-order valence-electron chi connectivity index (χ0n) is 18.5. The van der Waals surface area contributed by atoms with Gasteiger partial charge in [0, 0.05) is 37.5 Å². The van der Waals surface area contributed by atoms with E-state index in [1.54, 1.807) is 6.07 Å². The van der Waals surface area contributed by atoms with Gasteiger partial charge in [0.05, 0.1) is 11.3 Å². The van der Waals surface area contributed by atoms with Crippen LogP contribution in [0.25, 0.3) is 0 Å². The van der Waals surface area contributed by atoms with Gasteiger partial charge in [0.25, 0.3) is 0 Å². The van der Waals surface area contributed by atoms with Gasteiger partial charge in [0.15, 0.2) is 0 Å². The van der Waals surface area contributed by atoms with Crippen LogP contribution in [-0.2, 0) is 27.5 Å². The van der Waals surface area contributed by atoms with Crippen molar-refractivity contribution in [2.45, 2.75) is 64.7 Å². The maximum absolute atomic E-state index is 13.0. The number of piperidine rings is 1. The molecule has 3 fully saturated rings. The maximum Gasteiger partial charge on any atom is 0.416 e. The quantitative estimate of drug-likeness (QED) is 0.680. The van der Waals surface area contributed by atoms with Crippen LogP contribution in [0.3, 0.4) is 0 Å². The number of ketones is 1. The Balaban J connectivity index is 1.33. The number of alkyl halides is 3. The van der Waals surface area contributed by atoms with Crippen molar-refractivity contribution in [1.82, 2.24) is 9.62 Å². The van der Waals surface area contributed by atoms with E-state index in [0.29, 0.717) is 50.9 Å². The highest BCUT2D eigenvalue weighted by molar-refractivity contribution is 7.89. The predicted octanol–water partition coefficient (Wildman–Crippen LogP) is 3.98. The largest absolute Gasteiger partial charge is 0.416 e. The maximum atomic E-state index is 13.0. The van der Waals surface area contributed by atoms with Crippen LogP contribution in [0.5, 0.6) is 0 Å². The molecule has 2 unspecified atom stereocenters. The van der Waals surface area contributed by atoms with E-state index in [1.165, 1.54) is 12.1 Å². The summed E-state index contributed by atoms with van der Waals surface area (Å²) in [6, 6.07) is 5.11. The minimum Gasteiger partial charge on any atom is -0.299 e. The summed E-state index contributed by atoms with van der Waals surface area (Å²) in [7, 11) is -3.63. The molecule has 3 aliphatic rings. The highest BCUT2D eigenvalue weighted by Crippen LogP contribution is 2.64. The molecule has 9 heteroatoms. The average molecular weight is 473 g/mol. The van der Waals surface area contributed by atoms with Crippen LogP contribution >= 0.6 is 0 Å². The van der Waals surface area contributed by atoms with Gasteiger partial charge >= 0.3 is 6.18 Å². The predicted molar refractivity (Wildman–Crippen MR) is 115 cm³/mol. The number of carbonyl (C=O) groups is 1. The Hall–Kier alpha value is -1.45. The normalized spacial score (nSPS) is 29.0. The summed E-state index contributed by atoms with van der Waals surface area (Å²) in [5.74, 6) is 0.205. The SMILES string of the molecule is CC1(C)C2CCC1(CS(=O)(=O)NC1CCN(Cc3cccc(C(F)(F)F)c3)CC1)C(=O)C2. The molecular formula is C23H31F3N2O3S. The number of hydrogen-bond acceptors (Lipinski definition) is 4. The van der Waals surface area contributed by atoms with E-state index >= 15 is 0 Å². The molecule has 2 bridgehead atoms. The number of hydrogen-bond donors (Lipinski definition) is 1. The first kappa shape index (κ1) is 23.7. The summed E-state index contributed by atoms with van der Waals surface area (Å²) < 4.78 is 67.6. The molecular weight excluding hydrogens is 441 g/mol. The van der Waals surface area contributed by atoms with E-state index in [9.17, 15) is 26.4 Å². The molecule has 2 saturated carbocycles. The Bertz CT molecular complexity index is 984. The van der Waals surface area contributed by atoms with Crippen molar-refractivity contribution in [3.63, 3.8) is 0 Å². The molecule has 0 amide bonds. The number of nitrogens with zero attached hydrogens (tertiary/aromatic N) is 1. The lowest BCUT2D eigenvalue weighted by Crippen LogP contribution is -2.49. The van der Waals surface area contributed by atoms with Crippen LogP contribution in [0.15, 0.2) is 24.3 Å². The Kier molecular flexibility index (Phi) is 5.99. The number of sulfonamides is 1. The van der Waals surface area contributed by atoms with E-state index in [1.807, 2.05) is 18.7 Å². The number of carbonyl (C=O) groups excluding carboxylic acids is 1. The van der Waals surface area contributed by atoms with Crippen LogP contribution < -0.4 is 4.72 Å². The third-order valence-electron chi connectivity index (χ3n) is 8.17. The van der Waals surface area contributed by atoms with Crippen molar-refractivity contribution in [2.75, 3.05) is 18.8 Å². The van der Waals surface area contributed by atoms with Gasteiger partial charge in [-0.3, -0.25) is 9.69 Å². The van der Waals surface area contributed by atoms with Gasteiger partial charge in [-0.05, 0) is 48.6 Å². The first-order valence-electron chi connectivity index (χ1n) is 11.2. The van der Waals surface area contributed by atoms with Gasteiger partial charge in [-0.25, -0.2) is 13.1 Å². The smallest absolute Gasteiger partial charge is 0.299 e. The fourth-order valence-electron chi connectivity index (χ4n) is 6.04. The standard InChI is InChI=1S/C23H31F3N2O3S/c1-21(2)17-6-9-22(21,20(29)13-17)15-32(30,31)27-19-7-10-28(11-8-19)14-16-4-3-5-18(12-16)23(24,25)26/h3-5,12,17,19,27H,6-11,13-15H2,1-2H3. The zero-order valence-corrected chi connectivity index (χ0v) is 19.4. The topological polar surface area (TPSA) is 66.5 Å². The van der Waals surface area contributed by atoms with Crippen molar-refractivity contribution in [2.24, 2.45) is 16.7 Å². The van der Waals surface area contributed by atoms with Crippen LogP contribution in [0.1, 0.15) is 57.1 Å². The van der Waals surface area contributed by atoms with Crippen LogP contribution in [0.2, 0.25) is 0 Å². The second kappa shape index (κ2) is 8.09. The van der Waals surface area contributed by atoms with Crippen LogP contribution in [0, 0.1) is 16.7 Å². The fourth-order valence-corrected chi connectivity index (χ4v) is 8.19. The average Bonchev–Trinajstić information content (AvgIpc) is 3.03. The number of benzene rings is 1.